The Morgan fingerprint density at radius 3 is 2.82 bits per heavy atom. The van der Waals surface area contributed by atoms with Gasteiger partial charge in [-0.3, -0.25) is 4.79 Å². The lowest BCUT2D eigenvalue weighted by Gasteiger charge is -2.18. The Bertz CT molecular complexity index is 470. The Morgan fingerprint density at radius 2 is 2.29 bits per heavy atom. The summed E-state index contributed by atoms with van der Waals surface area (Å²) >= 11 is 3.02. The lowest BCUT2D eigenvalue weighted by molar-refractivity contribution is 0.0784. The van der Waals surface area contributed by atoms with Crippen molar-refractivity contribution in [3.63, 3.8) is 0 Å². The molecule has 90 valence electrons. The molecule has 0 aromatic heterocycles. The van der Waals surface area contributed by atoms with E-state index >= 15 is 0 Å². The molecule has 0 aliphatic carbocycles. The fourth-order valence-electron chi connectivity index (χ4n) is 1.38. The Morgan fingerprint density at radius 1 is 1.65 bits per heavy atom. The highest BCUT2D eigenvalue weighted by Gasteiger charge is 2.15. The van der Waals surface area contributed by atoms with Crippen molar-refractivity contribution in [1.29, 1.82) is 5.26 Å². The molecule has 1 rings (SSSR count). The number of carbonyl (C=O) groups excluding carboxylic acids is 1. The summed E-state index contributed by atoms with van der Waals surface area (Å²) in [4.78, 5) is 13.3. The summed E-state index contributed by atoms with van der Waals surface area (Å²) in [6, 6.07) is 6.26. The fraction of sp³-hybridized carbons (Fsp3) is 0.333. The van der Waals surface area contributed by atoms with Crippen molar-refractivity contribution < 1.29 is 9.18 Å². The summed E-state index contributed by atoms with van der Waals surface area (Å²) in [5.41, 5.74) is 0.276. The van der Waals surface area contributed by atoms with E-state index in [0.717, 1.165) is 0 Å². The maximum absolute atomic E-state index is 13.3. The van der Waals surface area contributed by atoms with E-state index < -0.39 is 5.82 Å². The van der Waals surface area contributed by atoms with Gasteiger partial charge >= 0.3 is 0 Å². The summed E-state index contributed by atoms with van der Waals surface area (Å²) in [7, 11) is 1.59. The standard InChI is InChI=1S/C12H12BrFN2O/c1-8(6-15)7-16(2)12(17)9-3-4-10(13)11(14)5-9/h3-5,8H,7H2,1-2H3. The van der Waals surface area contributed by atoms with Crippen molar-refractivity contribution in [2.45, 2.75) is 6.92 Å². The number of rotatable bonds is 3. The summed E-state index contributed by atoms with van der Waals surface area (Å²) in [5, 5.41) is 8.66. The van der Waals surface area contributed by atoms with Crippen LogP contribution in [0.4, 0.5) is 4.39 Å². The van der Waals surface area contributed by atoms with E-state index in [2.05, 4.69) is 15.9 Å². The van der Waals surface area contributed by atoms with Crippen LogP contribution in [0.25, 0.3) is 0 Å². The summed E-state index contributed by atoms with van der Waals surface area (Å²) < 4.78 is 13.6. The molecule has 1 aromatic carbocycles. The largest absolute Gasteiger partial charge is 0.340 e. The molecule has 3 nitrogen and oxygen atoms in total. The Labute approximate surface area is 108 Å². The number of hydrogen-bond donors (Lipinski definition) is 0. The van der Waals surface area contributed by atoms with Gasteiger partial charge in [0.2, 0.25) is 0 Å². The van der Waals surface area contributed by atoms with Crippen molar-refractivity contribution in [3.05, 3.63) is 34.1 Å². The molecule has 0 N–H and O–H groups in total. The molecule has 17 heavy (non-hydrogen) atoms. The van der Waals surface area contributed by atoms with E-state index in [1.165, 1.54) is 17.0 Å². The minimum atomic E-state index is -0.474. The maximum atomic E-state index is 13.3. The molecule has 1 amide bonds. The minimum Gasteiger partial charge on any atom is -0.340 e. The van der Waals surface area contributed by atoms with Gasteiger partial charge in [-0.15, -0.1) is 0 Å². The Balaban J connectivity index is 2.82. The second kappa shape index (κ2) is 5.78. The van der Waals surface area contributed by atoms with E-state index in [4.69, 9.17) is 5.26 Å². The van der Waals surface area contributed by atoms with Gasteiger partial charge < -0.3 is 4.90 Å². The van der Waals surface area contributed by atoms with Crippen LogP contribution in [0.5, 0.6) is 0 Å². The van der Waals surface area contributed by atoms with Crippen LogP contribution in [0, 0.1) is 23.1 Å². The smallest absolute Gasteiger partial charge is 0.253 e. The number of amides is 1. The molecule has 1 unspecified atom stereocenters. The molecule has 0 aliphatic heterocycles. The predicted molar refractivity (Wildman–Crippen MR) is 65.8 cm³/mol. The number of halogens is 2. The fourth-order valence-corrected chi connectivity index (χ4v) is 1.63. The molecule has 1 atom stereocenters. The molecule has 1 aromatic rings. The van der Waals surface area contributed by atoms with E-state index in [1.54, 1.807) is 20.0 Å². The molecule has 0 spiro atoms. The average molecular weight is 299 g/mol. The highest BCUT2D eigenvalue weighted by molar-refractivity contribution is 9.10. The van der Waals surface area contributed by atoms with Crippen LogP contribution in [0.1, 0.15) is 17.3 Å². The topological polar surface area (TPSA) is 44.1 Å². The zero-order valence-electron chi connectivity index (χ0n) is 9.58. The first-order valence-electron chi connectivity index (χ1n) is 5.06. The highest BCUT2D eigenvalue weighted by Crippen LogP contribution is 2.17. The lowest BCUT2D eigenvalue weighted by Crippen LogP contribution is -2.30. The van der Waals surface area contributed by atoms with Crippen LogP contribution in [-0.4, -0.2) is 24.4 Å². The van der Waals surface area contributed by atoms with Gasteiger partial charge in [0.1, 0.15) is 5.82 Å². The number of hydrogen-bond acceptors (Lipinski definition) is 2. The molecule has 0 radical (unpaired) electrons. The summed E-state index contributed by atoms with van der Waals surface area (Å²) in [6.07, 6.45) is 0. The Kier molecular flexibility index (Phi) is 4.64. The van der Waals surface area contributed by atoms with E-state index in [1.807, 2.05) is 6.07 Å². The number of carbonyl (C=O) groups is 1. The molecule has 0 bridgehead atoms. The van der Waals surface area contributed by atoms with Gasteiger partial charge in [-0.25, -0.2) is 4.39 Å². The quantitative estimate of drug-likeness (QED) is 0.861. The van der Waals surface area contributed by atoms with Gasteiger partial charge in [0.15, 0.2) is 0 Å². The van der Waals surface area contributed by atoms with Gasteiger partial charge in [0.25, 0.3) is 5.91 Å². The summed E-state index contributed by atoms with van der Waals surface area (Å²) in [5.74, 6) is -1.01. The second-order valence-corrected chi connectivity index (χ2v) is 4.70. The van der Waals surface area contributed by atoms with Crippen molar-refractivity contribution in [2.75, 3.05) is 13.6 Å². The monoisotopic (exact) mass is 298 g/mol. The number of benzene rings is 1. The molecule has 0 heterocycles. The first-order valence-corrected chi connectivity index (χ1v) is 5.85. The number of nitrogens with zero attached hydrogens (tertiary/aromatic N) is 2. The average Bonchev–Trinajstić information content (AvgIpc) is 2.31. The van der Waals surface area contributed by atoms with Crippen molar-refractivity contribution in [2.24, 2.45) is 5.92 Å². The van der Waals surface area contributed by atoms with Crippen LogP contribution in [0.15, 0.2) is 22.7 Å². The van der Waals surface area contributed by atoms with Gasteiger partial charge in [0.05, 0.1) is 16.5 Å². The van der Waals surface area contributed by atoms with Crippen molar-refractivity contribution >= 4 is 21.8 Å². The third-order valence-electron chi connectivity index (χ3n) is 2.28. The SMILES string of the molecule is CC(C#N)CN(C)C(=O)c1ccc(Br)c(F)c1. The van der Waals surface area contributed by atoms with Crippen LogP contribution in [0.3, 0.4) is 0 Å². The molecule has 0 saturated heterocycles. The lowest BCUT2D eigenvalue weighted by atomic mass is 10.1. The first kappa shape index (κ1) is 13.7. The third-order valence-corrected chi connectivity index (χ3v) is 2.92. The van der Waals surface area contributed by atoms with Crippen LogP contribution >= 0.6 is 15.9 Å². The van der Waals surface area contributed by atoms with E-state index in [9.17, 15) is 9.18 Å². The van der Waals surface area contributed by atoms with Crippen LogP contribution < -0.4 is 0 Å². The van der Waals surface area contributed by atoms with Gasteiger partial charge in [-0.05, 0) is 41.1 Å². The second-order valence-electron chi connectivity index (χ2n) is 3.84. The minimum absolute atomic E-state index is 0.246. The van der Waals surface area contributed by atoms with Gasteiger partial charge in [-0.2, -0.15) is 5.26 Å². The molecule has 5 heteroatoms. The third kappa shape index (κ3) is 3.53. The predicted octanol–water partition coefficient (Wildman–Crippen LogP) is 2.82. The normalized spacial score (nSPS) is 11.7. The molecular weight excluding hydrogens is 287 g/mol. The summed E-state index contributed by atoms with van der Waals surface area (Å²) in [6.45, 7) is 2.05. The van der Waals surface area contributed by atoms with Crippen LogP contribution in [0.2, 0.25) is 0 Å². The van der Waals surface area contributed by atoms with Gasteiger partial charge in [-0.1, -0.05) is 0 Å². The van der Waals surface area contributed by atoms with Crippen molar-refractivity contribution in [1.82, 2.24) is 4.90 Å². The molecular formula is C12H12BrFN2O. The zero-order chi connectivity index (χ0) is 13.0. The first-order chi connectivity index (χ1) is 7.95. The number of nitriles is 1. The molecule has 0 fully saturated rings. The Hall–Kier alpha value is -1.41. The maximum Gasteiger partial charge on any atom is 0.253 e. The van der Waals surface area contributed by atoms with Crippen molar-refractivity contribution in [3.8, 4) is 6.07 Å². The zero-order valence-corrected chi connectivity index (χ0v) is 11.2. The molecule has 0 aliphatic rings. The van der Waals surface area contributed by atoms with Crippen LogP contribution in [-0.2, 0) is 0 Å². The molecule has 0 saturated carbocycles. The van der Waals surface area contributed by atoms with Gasteiger partial charge in [0, 0.05) is 19.2 Å². The highest BCUT2D eigenvalue weighted by atomic mass is 79.9. The van der Waals surface area contributed by atoms with E-state index in [-0.39, 0.29) is 17.4 Å². The van der Waals surface area contributed by atoms with E-state index in [0.29, 0.717) is 11.0 Å².